The molecule has 0 saturated carbocycles. The van der Waals surface area contributed by atoms with E-state index in [0.29, 0.717) is 23.6 Å². The Bertz CT molecular complexity index is 1060. The minimum Gasteiger partial charge on any atom is -0.497 e. The number of piperidine rings is 1. The second-order valence-corrected chi connectivity index (χ2v) is 7.70. The minimum absolute atomic E-state index is 0.0329. The largest absolute Gasteiger partial charge is 0.497 e. The molecule has 1 fully saturated rings. The van der Waals surface area contributed by atoms with E-state index in [-0.39, 0.29) is 11.9 Å². The third-order valence-electron chi connectivity index (χ3n) is 5.69. The molecular formula is C24H28N4O4. The molecule has 2 aromatic carbocycles. The summed E-state index contributed by atoms with van der Waals surface area (Å²) in [6, 6.07) is 15.1. The van der Waals surface area contributed by atoms with Crippen molar-refractivity contribution in [3.8, 4) is 28.5 Å². The van der Waals surface area contributed by atoms with Gasteiger partial charge in [-0.2, -0.15) is 5.10 Å². The summed E-state index contributed by atoms with van der Waals surface area (Å²) < 4.78 is 15.8. The Morgan fingerprint density at radius 1 is 1.03 bits per heavy atom. The number of hydrogen-bond acceptors (Lipinski definition) is 6. The molecule has 3 aromatic rings. The number of benzene rings is 2. The molecule has 1 aliphatic rings. The third-order valence-corrected chi connectivity index (χ3v) is 5.69. The monoisotopic (exact) mass is 436 g/mol. The van der Waals surface area contributed by atoms with Crippen LogP contribution in [-0.4, -0.2) is 56.6 Å². The van der Waals surface area contributed by atoms with Gasteiger partial charge in [0.25, 0.3) is 5.91 Å². The number of aromatic amines is 1. The number of carbonyl (C=O) groups is 1. The lowest BCUT2D eigenvalue weighted by molar-refractivity contribution is 0.0932. The normalized spacial score (nSPS) is 15.8. The van der Waals surface area contributed by atoms with Crippen LogP contribution in [0.1, 0.15) is 23.2 Å². The number of carbonyl (C=O) groups excluding carboxylic acids is 1. The van der Waals surface area contributed by atoms with Crippen molar-refractivity contribution >= 4 is 11.7 Å². The highest BCUT2D eigenvalue weighted by Crippen LogP contribution is 2.28. The molecule has 0 bridgehead atoms. The number of rotatable bonds is 7. The zero-order valence-electron chi connectivity index (χ0n) is 18.6. The number of H-pyrrole nitrogens is 1. The first-order valence-corrected chi connectivity index (χ1v) is 10.6. The predicted octanol–water partition coefficient (Wildman–Crippen LogP) is 3.50. The summed E-state index contributed by atoms with van der Waals surface area (Å²) in [5.74, 6) is 2.70. The molecule has 0 aliphatic carbocycles. The fraction of sp³-hybridized carbons (Fsp3) is 0.333. The van der Waals surface area contributed by atoms with Crippen molar-refractivity contribution in [3.05, 3.63) is 54.1 Å². The molecule has 0 spiro atoms. The van der Waals surface area contributed by atoms with Gasteiger partial charge in [0.05, 0.1) is 27.0 Å². The SMILES string of the molecule is COc1ccc(-c2cc(N3CCC[C@H](NC(=O)c4ccc(OC)c(OC)c4)C3)n[nH]2)cc1. The van der Waals surface area contributed by atoms with Crippen LogP contribution in [0.2, 0.25) is 0 Å². The molecule has 1 aliphatic heterocycles. The van der Waals surface area contributed by atoms with Crippen molar-refractivity contribution in [2.45, 2.75) is 18.9 Å². The molecule has 2 heterocycles. The number of hydrogen-bond donors (Lipinski definition) is 2. The zero-order chi connectivity index (χ0) is 22.5. The molecule has 0 radical (unpaired) electrons. The summed E-state index contributed by atoms with van der Waals surface area (Å²) in [6.07, 6.45) is 1.90. The van der Waals surface area contributed by atoms with Gasteiger partial charge in [0.15, 0.2) is 17.3 Å². The summed E-state index contributed by atoms with van der Waals surface area (Å²) >= 11 is 0. The molecule has 8 nitrogen and oxygen atoms in total. The van der Waals surface area contributed by atoms with Crippen LogP contribution in [0.25, 0.3) is 11.3 Å². The first-order valence-electron chi connectivity index (χ1n) is 10.6. The Morgan fingerprint density at radius 3 is 2.53 bits per heavy atom. The number of aromatic nitrogens is 2. The second kappa shape index (κ2) is 9.64. The van der Waals surface area contributed by atoms with Crippen molar-refractivity contribution in [3.63, 3.8) is 0 Å². The van der Waals surface area contributed by atoms with Gasteiger partial charge in [0, 0.05) is 30.8 Å². The molecular weight excluding hydrogens is 408 g/mol. The van der Waals surface area contributed by atoms with E-state index in [9.17, 15) is 4.79 Å². The van der Waals surface area contributed by atoms with Gasteiger partial charge in [0.1, 0.15) is 5.75 Å². The number of amides is 1. The second-order valence-electron chi connectivity index (χ2n) is 7.70. The molecule has 4 rings (SSSR count). The molecule has 1 atom stereocenters. The average molecular weight is 437 g/mol. The quantitative estimate of drug-likeness (QED) is 0.589. The Kier molecular flexibility index (Phi) is 6.49. The van der Waals surface area contributed by atoms with Crippen molar-refractivity contribution in [2.75, 3.05) is 39.3 Å². The zero-order valence-corrected chi connectivity index (χ0v) is 18.6. The number of methoxy groups -OCH3 is 3. The van der Waals surface area contributed by atoms with Gasteiger partial charge in [-0.05, 0) is 60.9 Å². The molecule has 1 aromatic heterocycles. The van der Waals surface area contributed by atoms with Crippen LogP contribution in [-0.2, 0) is 0 Å². The highest BCUT2D eigenvalue weighted by atomic mass is 16.5. The molecule has 2 N–H and O–H groups in total. The van der Waals surface area contributed by atoms with E-state index in [1.807, 2.05) is 30.3 Å². The summed E-state index contributed by atoms with van der Waals surface area (Å²) in [7, 11) is 4.78. The fourth-order valence-corrected chi connectivity index (χ4v) is 3.94. The van der Waals surface area contributed by atoms with Gasteiger partial charge in [-0.25, -0.2) is 0 Å². The van der Waals surface area contributed by atoms with Crippen molar-refractivity contribution in [1.29, 1.82) is 0 Å². The van der Waals surface area contributed by atoms with Crippen LogP contribution < -0.4 is 24.4 Å². The van der Waals surface area contributed by atoms with E-state index in [1.54, 1.807) is 39.5 Å². The average Bonchev–Trinajstić information content (AvgIpc) is 3.34. The van der Waals surface area contributed by atoms with Gasteiger partial charge < -0.3 is 24.4 Å². The van der Waals surface area contributed by atoms with E-state index in [1.165, 1.54) is 0 Å². The number of nitrogens with one attached hydrogen (secondary N) is 2. The van der Waals surface area contributed by atoms with E-state index in [0.717, 1.165) is 42.2 Å². The Labute approximate surface area is 187 Å². The van der Waals surface area contributed by atoms with E-state index in [4.69, 9.17) is 14.2 Å². The van der Waals surface area contributed by atoms with Crippen LogP contribution in [0.4, 0.5) is 5.82 Å². The summed E-state index contributed by atoms with van der Waals surface area (Å²) in [5.41, 5.74) is 2.53. The lowest BCUT2D eigenvalue weighted by Gasteiger charge is -2.33. The van der Waals surface area contributed by atoms with E-state index < -0.39 is 0 Å². The fourth-order valence-electron chi connectivity index (χ4n) is 3.94. The van der Waals surface area contributed by atoms with Crippen molar-refractivity contribution < 1.29 is 19.0 Å². The van der Waals surface area contributed by atoms with Gasteiger partial charge >= 0.3 is 0 Å². The number of anilines is 1. The van der Waals surface area contributed by atoms with Crippen LogP contribution in [0, 0.1) is 0 Å². The van der Waals surface area contributed by atoms with Gasteiger partial charge in [-0.15, -0.1) is 0 Å². The van der Waals surface area contributed by atoms with Crippen LogP contribution >= 0.6 is 0 Å². The molecule has 0 unspecified atom stereocenters. The first-order chi connectivity index (χ1) is 15.6. The summed E-state index contributed by atoms with van der Waals surface area (Å²) in [6.45, 7) is 1.60. The molecule has 168 valence electrons. The van der Waals surface area contributed by atoms with Gasteiger partial charge in [0.2, 0.25) is 0 Å². The molecule has 1 amide bonds. The van der Waals surface area contributed by atoms with Crippen molar-refractivity contribution in [2.24, 2.45) is 0 Å². The van der Waals surface area contributed by atoms with E-state index in [2.05, 4.69) is 20.4 Å². The highest BCUT2D eigenvalue weighted by molar-refractivity contribution is 5.95. The minimum atomic E-state index is -0.126. The van der Waals surface area contributed by atoms with Gasteiger partial charge in [-0.3, -0.25) is 9.89 Å². The third kappa shape index (κ3) is 4.64. The van der Waals surface area contributed by atoms with Crippen LogP contribution in [0.5, 0.6) is 17.2 Å². The van der Waals surface area contributed by atoms with Crippen LogP contribution in [0.3, 0.4) is 0 Å². The summed E-state index contributed by atoms with van der Waals surface area (Å²) in [4.78, 5) is 15.0. The number of ether oxygens (including phenoxy) is 3. The molecule has 1 saturated heterocycles. The first kappa shape index (κ1) is 21.5. The lowest BCUT2D eigenvalue weighted by atomic mass is 10.0. The lowest BCUT2D eigenvalue weighted by Crippen LogP contribution is -2.48. The standard InChI is InChI=1S/C24H28N4O4/c1-30-19-9-6-16(7-10-19)20-14-23(27-26-20)28-12-4-5-18(15-28)25-24(29)17-8-11-21(31-2)22(13-17)32-3/h6-11,13-14,18H,4-5,12,15H2,1-3H3,(H,25,29)(H,26,27)/t18-/m0/s1. The molecule has 8 heteroatoms. The highest BCUT2D eigenvalue weighted by Gasteiger charge is 2.24. The summed E-state index contributed by atoms with van der Waals surface area (Å²) in [5, 5.41) is 10.8. The smallest absolute Gasteiger partial charge is 0.251 e. The molecule has 32 heavy (non-hydrogen) atoms. The van der Waals surface area contributed by atoms with Crippen molar-refractivity contribution in [1.82, 2.24) is 15.5 Å². The van der Waals surface area contributed by atoms with E-state index >= 15 is 0 Å². The maximum Gasteiger partial charge on any atom is 0.251 e. The maximum absolute atomic E-state index is 12.8. The maximum atomic E-state index is 12.8. The topological polar surface area (TPSA) is 88.7 Å². The predicted molar refractivity (Wildman–Crippen MR) is 123 cm³/mol. The Hall–Kier alpha value is -3.68. The number of nitrogens with zero attached hydrogens (tertiary/aromatic N) is 2. The Balaban J connectivity index is 1.41. The Morgan fingerprint density at radius 2 is 1.81 bits per heavy atom. The van der Waals surface area contributed by atoms with Gasteiger partial charge in [-0.1, -0.05) is 0 Å². The van der Waals surface area contributed by atoms with Crippen LogP contribution in [0.15, 0.2) is 48.5 Å².